The molecule has 0 unspecified atom stereocenters. The van der Waals surface area contributed by atoms with E-state index < -0.39 is 11.2 Å². The Kier molecular flexibility index (Phi) is 5.03. The van der Waals surface area contributed by atoms with E-state index >= 15 is 0 Å². The molecule has 2 N–H and O–H groups in total. The number of benzene rings is 1. The number of pyridine rings is 1. The van der Waals surface area contributed by atoms with Crippen LogP contribution in [0.1, 0.15) is 53.4 Å². The van der Waals surface area contributed by atoms with Crippen LogP contribution < -0.4 is 11.2 Å². The highest BCUT2D eigenvalue weighted by atomic mass is 16.2. The Morgan fingerprint density at radius 1 is 1.16 bits per heavy atom. The molecule has 0 aliphatic rings. The van der Waals surface area contributed by atoms with E-state index in [9.17, 15) is 9.59 Å². The number of fused-ring (bicyclic) bond motifs is 1. The van der Waals surface area contributed by atoms with E-state index in [0.717, 1.165) is 38.1 Å². The molecule has 8 nitrogen and oxygen atoms in total. The Hall–Kier alpha value is -3.99. The minimum Gasteiger partial charge on any atom is -0.360 e. The molecular formula is C23H22N6O2. The number of aryl methyl sites for hydroxylation is 2. The van der Waals surface area contributed by atoms with Crippen LogP contribution in [0.25, 0.3) is 16.7 Å². The molecule has 4 rings (SSSR count). The molecular weight excluding hydrogens is 392 g/mol. The molecule has 0 saturated heterocycles. The second-order valence-electron chi connectivity index (χ2n) is 7.96. The van der Waals surface area contributed by atoms with Crippen LogP contribution in [0, 0.1) is 25.2 Å². The highest BCUT2D eigenvalue weighted by molar-refractivity contribution is 5.79. The van der Waals surface area contributed by atoms with E-state index in [4.69, 9.17) is 10.2 Å². The van der Waals surface area contributed by atoms with Gasteiger partial charge >= 0.3 is 5.69 Å². The van der Waals surface area contributed by atoms with Crippen molar-refractivity contribution in [2.75, 3.05) is 0 Å². The quantitative estimate of drug-likeness (QED) is 0.532. The molecule has 0 atom stereocenters. The molecule has 0 aliphatic heterocycles. The molecule has 4 aromatic rings. The van der Waals surface area contributed by atoms with Crippen LogP contribution in [0.2, 0.25) is 0 Å². The largest absolute Gasteiger partial charge is 0.360 e. The molecule has 1 aromatic carbocycles. The molecule has 0 amide bonds. The molecule has 31 heavy (non-hydrogen) atoms. The van der Waals surface area contributed by atoms with Crippen molar-refractivity contribution in [3.63, 3.8) is 0 Å². The Morgan fingerprint density at radius 2 is 1.87 bits per heavy atom. The predicted molar refractivity (Wildman–Crippen MR) is 118 cm³/mol. The fourth-order valence-corrected chi connectivity index (χ4v) is 3.80. The van der Waals surface area contributed by atoms with Crippen molar-refractivity contribution in [2.45, 2.75) is 40.0 Å². The SMILES string of the molecule is Cc1cc(-n2nc(C#N)c(=O)[nH]c2=O)cc(C)c1Cc1ccc2[nH]cc(C(C)C)c2n1. The van der Waals surface area contributed by atoms with E-state index in [0.29, 0.717) is 18.0 Å². The van der Waals surface area contributed by atoms with Gasteiger partial charge in [0, 0.05) is 18.3 Å². The van der Waals surface area contributed by atoms with E-state index in [1.54, 1.807) is 6.07 Å². The van der Waals surface area contributed by atoms with Gasteiger partial charge in [-0.2, -0.15) is 9.94 Å². The standard InChI is InChI=1S/C23H22N6O2/c1-12(2)18-11-25-19-6-5-15(26-21(18)19)9-17-13(3)7-16(8-14(17)4)29-23(31)27-22(30)20(10-24)28-29/h5-8,11-12,25H,9H2,1-4H3,(H,27,30,31). The number of nitrogens with zero attached hydrogens (tertiary/aromatic N) is 4. The second-order valence-corrected chi connectivity index (χ2v) is 7.96. The van der Waals surface area contributed by atoms with Gasteiger partial charge in [-0.25, -0.2) is 4.79 Å². The summed E-state index contributed by atoms with van der Waals surface area (Å²) in [4.78, 5) is 34.1. The van der Waals surface area contributed by atoms with Crippen LogP contribution in [-0.2, 0) is 6.42 Å². The molecule has 3 aromatic heterocycles. The fraction of sp³-hybridized carbons (Fsp3) is 0.261. The lowest BCUT2D eigenvalue weighted by Crippen LogP contribution is -2.33. The molecule has 3 heterocycles. The maximum atomic E-state index is 12.2. The van der Waals surface area contributed by atoms with Gasteiger partial charge in [0.15, 0.2) is 0 Å². The number of nitrogens with one attached hydrogen (secondary N) is 2. The zero-order valence-corrected chi connectivity index (χ0v) is 17.8. The third-order valence-electron chi connectivity index (χ3n) is 5.45. The van der Waals surface area contributed by atoms with Gasteiger partial charge in [0.25, 0.3) is 5.56 Å². The van der Waals surface area contributed by atoms with Gasteiger partial charge in [-0.3, -0.25) is 14.8 Å². The Labute approximate surface area is 178 Å². The lowest BCUT2D eigenvalue weighted by molar-refractivity contribution is 0.738. The first-order valence-electron chi connectivity index (χ1n) is 9.99. The van der Waals surface area contributed by atoms with Crippen LogP contribution >= 0.6 is 0 Å². The van der Waals surface area contributed by atoms with Gasteiger partial charge in [0.1, 0.15) is 6.07 Å². The highest BCUT2D eigenvalue weighted by Gasteiger charge is 2.14. The number of aromatic nitrogens is 5. The number of aromatic amines is 2. The van der Waals surface area contributed by atoms with Crippen LogP contribution in [0.3, 0.4) is 0 Å². The number of H-pyrrole nitrogens is 2. The van der Waals surface area contributed by atoms with E-state index in [1.165, 1.54) is 5.56 Å². The summed E-state index contributed by atoms with van der Waals surface area (Å²) in [6.07, 6.45) is 2.66. The van der Waals surface area contributed by atoms with Crippen LogP contribution in [0.4, 0.5) is 0 Å². The topological polar surface area (TPSA) is 120 Å². The predicted octanol–water partition coefficient (Wildman–Crippen LogP) is 3.00. The second kappa shape index (κ2) is 7.69. The first-order chi connectivity index (χ1) is 14.8. The molecule has 0 radical (unpaired) electrons. The van der Waals surface area contributed by atoms with Crippen molar-refractivity contribution in [3.05, 3.63) is 84.9 Å². The van der Waals surface area contributed by atoms with Crippen LogP contribution in [0.5, 0.6) is 0 Å². The van der Waals surface area contributed by atoms with Crippen molar-refractivity contribution in [1.29, 1.82) is 5.26 Å². The summed E-state index contributed by atoms with van der Waals surface area (Å²) in [6.45, 7) is 8.22. The summed E-state index contributed by atoms with van der Waals surface area (Å²) in [7, 11) is 0. The van der Waals surface area contributed by atoms with Gasteiger partial charge in [0.2, 0.25) is 5.69 Å². The third-order valence-corrected chi connectivity index (χ3v) is 5.45. The first kappa shape index (κ1) is 20.3. The molecule has 156 valence electrons. The summed E-state index contributed by atoms with van der Waals surface area (Å²) in [5.41, 5.74) is 5.86. The zero-order chi connectivity index (χ0) is 22.3. The first-order valence-corrected chi connectivity index (χ1v) is 9.99. The number of nitriles is 1. The van der Waals surface area contributed by atoms with Gasteiger partial charge < -0.3 is 4.98 Å². The van der Waals surface area contributed by atoms with Crippen LogP contribution in [0.15, 0.2) is 40.1 Å². The summed E-state index contributed by atoms with van der Waals surface area (Å²) >= 11 is 0. The van der Waals surface area contributed by atoms with Gasteiger partial charge in [-0.1, -0.05) is 13.8 Å². The average Bonchev–Trinajstić information content (AvgIpc) is 3.14. The third kappa shape index (κ3) is 3.66. The fourth-order valence-electron chi connectivity index (χ4n) is 3.80. The van der Waals surface area contributed by atoms with E-state index in [2.05, 4.69) is 35.0 Å². The van der Waals surface area contributed by atoms with E-state index in [1.807, 2.05) is 38.2 Å². The van der Waals surface area contributed by atoms with Crippen molar-refractivity contribution < 1.29 is 0 Å². The minimum absolute atomic E-state index is 0.357. The van der Waals surface area contributed by atoms with Crippen molar-refractivity contribution in [1.82, 2.24) is 24.7 Å². The average molecular weight is 414 g/mol. The normalized spacial score (nSPS) is 11.2. The highest BCUT2D eigenvalue weighted by Crippen LogP contribution is 2.26. The van der Waals surface area contributed by atoms with Gasteiger partial charge in [-0.05, 0) is 66.3 Å². The Bertz CT molecular complexity index is 1440. The molecule has 0 saturated carbocycles. The Morgan fingerprint density at radius 3 is 2.52 bits per heavy atom. The molecule has 8 heteroatoms. The minimum atomic E-state index is -0.791. The zero-order valence-electron chi connectivity index (χ0n) is 17.8. The molecule has 0 fully saturated rings. The van der Waals surface area contributed by atoms with Crippen molar-refractivity contribution >= 4 is 11.0 Å². The molecule has 0 bridgehead atoms. The van der Waals surface area contributed by atoms with E-state index in [-0.39, 0.29) is 5.69 Å². The summed E-state index contributed by atoms with van der Waals surface area (Å²) in [5.74, 6) is 0.376. The number of rotatable bonds is 4. The Balaban J connectivity index is 1.75. The summed E-state index contributed by atoms with van der Waals surface area (Å²) < 4.78 is 1.04. The summed E-state index contributed by atoms with van der Waals surface area (Å²) in [5, 5.41) is 12.9. The smallest absolute Gasteiger partial charge is 0.349 e. The monoisotopic (exact) mass is 414 g/mol. The lowest BCUT2D eigenvalue weighted by Gasteiger charge is -2.13. The maximum Gasteiger partial charge on any atom is 0.349 e. The van der Waals surface area contributed by atoms with Gasteiger partial charge in [0.05, 0.1) is 16.7 Å². The van der Waals surface area contributed by atoms with Gasteiger partial charge in [-0.15, -0.1) is 5.10 Å². The molecule has 0 aliphatic carbocycles. The molecule has 0 spiro atoms. The van der Waals surface area contributed by atoms with Crippen molar-refractivity contribution in [2.24, 2.45) is 0 Å². The van der Waals surface area contributed by atoms with Crippen molar-refractivity contribution in [3.8, 4) is 11.8 Å². The maximum absolute atomic E-state index is 12.2. The number of hydrogen-bond donors (Lipinski definition) is 2. The lowest BCUT2D eigenvalue weighted by atomic mass is 9.97. The van der Waals surface area contributed by atoms with Crippen LogP contribution in [-0.4, -0.2) is 24.7 Å². The summed E-state index contributed by atoms with van der Waals surface area (Å²) in [6, 6.07) is 9.42. The number of hydrogen-bond acceptors (Lipinski definition) is 5.